The normalized spacial score (nSPS) is 14.1. The molecule has 0 bridgehead atoms. The number of benzene rings is 2. The number of anilines is 1. The molecule has 1 N–H and O–H groups in total. The summed E-state index contributed by atoms with van der Waals surface area (Å²) in [6.07, 6.45) is 0.269. The lowest BCUT2D eigenvalue weighted by atomic mass is 10.0. The Balaban J connectivity index is 1.91. The van der Waals surface area contributed by atoms with Crippen LogP contribution in [-0.2, 0) is 4.79 Å². The summed E-state index contributed by atoms with van der Waals surface area (Å²) >= 11 is 0. The van der Waals surface area contributed by atoms with Gasteiger partial charge in [0, 0.05) is 17.3 Å². The minimum absolute atomic E-state index is 0.0300. The molecule has 2 aromatic rings. The summed E-state index contributed by atoms with van der Waals surface area (Å²) in [6, 6.07) is 9.77. The van der Waals surface area contributed by atoms with E-state index in [0.717, 1.165) is 4.90 Å². The fraction of sp³-hybridized carbons (Fsp3) is 0.286. The summed E-state index contributed by atoms with van der Waals surface area (Å²) in [5.74, 6) is -1.56. The Kier molecular flexibility index (Phi) is 5.45. The molecule has 150 valence electrons. The highest BCUT2D eigenvalue weighted by Gasteiger charge is 2.42. The number of imide groups is 1. The number of amides is 3. The monoisotopic (exact) mass is 395 g/mol. The molecule has 0 fully saturated rings. The molecule has 2 aromatic carbocycles. The Morgan fingerprint density at radius 3 is 2.21 bits per heavy atom. The largest absolute Gasteiger partial charge is 0.324 e. The predicted octanol–water partition coefficient (Wildman–Crippen LogP) is 3.55. The highest BCUT2D eigenvalue weighted by molar-refractivity contribution is 6.23. The van der Waals surface area contributed by atoms with Gasteiger partial charge in [-0.1, -0.05) is 32.0 Å². The van der Waals surface area contributed by atoms with Gasteiger partial charge in [0.15, 0.2) is 0 Å². The molecule has 1 unspecified atom stereocenters. The quantitative estimate of drug-likeness (QED) is 0.457. The van der Waals surface area contributed by atoms with E-state index in [-0.39, 0.29) is 34.8 Å². The van der Waals surface area contributed by atoms with Crippen LogP contribution in [0.25, 0.3) is 0 Å². The lowest BCUT2D eigenvalue weighted by molar-refractivity contribution is -0.385. The maximum Gasteiger partial charge on any atom is 0.274 e. The van der Waals surface area contributed by atoms with Gasteiger partial charge in [0.2, 0.25) is 5.91 Å². The predicted molar refractivity (Wildman–Crippen MR) is 107 cm³/mol. The van der Waals surface area contributed by atoms with E-state index in [0.29, 0.717) is 5.56 Å². The lowest BCUT2D eigenvalue weighted by Gasteiger charge is -2.26. The molecule has 0 aromatic heterocycles. The number of carbonyl (C=O) groups is 3. The number of nitrogens with one attached hydrogen (secondary N) is 1. The molecule has 3 rings (SSSR count). The van der Waals surface area contributed by atoms with E-state index in [1.165, 1.54) is 12.1 Å². The van der Waals surface area contributed by atoms with Crippen molar-refractivity contribution in [1.29, 1.82) is 0 Å². The van der Waals surface area contributed by atoms with Gasteiger partial charge < -0.3 is 5.32 Å². The summed E-state index contributed by atoms with van der Waals surface area (Å²) < 4.78 is 0. The van der Waals surface area contributed by atoms with E-state index in [1.807, 2.05) is 13.8 Å². The number of hydrogen-bond acceptors (Lipinski definition) is 5. The number of nitro groups is 1. The molecule has 0 saturated heterocycles. The van der Waals surface area contributed by atoms with Crippen LogP contribution in [0, 0.1) is 23.0 Å². The van der Waals surface area contributed by atoms with Crippen molar-refractivity contribution in [2.75, 3.05) is 5.32 Å². The molecule has 0 spiro atoms. The summed E-state index contributed by atoms with van der Waals surface area (Å²) in [7, 11) is 0. The maximum absolute atomic E-state index is 13.0. The van der Waals surface area contributed by atoms with Crippen molar-refractivity contribution in [3.8, 4) is 0 Å². The van der Waals surface area contributed by atoms with Crippen molar-refractivity contribution in [3.05, 3.63) is 69.3 Å². The van der Waals surface area contributed by atoms with Crippen LogP contribution in [0.2, 0.25) is 0 Å². The molecule has 1 aliphatic heterocycles. The molecule has 1 atom stereocenters. The number of nitro benzene ring substituents is 1. The highest BCUT2D eigenvalue weighted by atomic mass is 16.6. The minimum Gasteiger partial charge on any atom is -0.324 e. The molecule has 8 heteroatoms. The Bertz CT molecular complexity index is 980. The van der Waals surface area contributed by atoms with Gasteiger partial charge in [-0.2, -0.15) is 0 Å². The average Bonchev–Trinajstić information content (AvgIpc) is 2.92. The molecule has 1 heterocycles. The van der Waals surface area contributed by atoms with E-state index < -0.39 is 28.7 Å². The maximum atomic E-state index is 13.0. The fourth-order valence-electron chi connectivity index (χ4n) is 3.38. The van der Waals surface area contributed by atoms with Crippen LogP contribution in [0.4, 0.5) is 11.4 Å². The zero-order chi connectivity index (χ0) is 21.3. The summed E-state index contributed by atoms with van der Waals surface area (Å²) in [5, 5.41) is 13.8. The van der Waals surface area contributed by atoms with Crippen molar-refractivity contribution in [2.24, 2.45) is 5.92 Å². The fourth-order valence-corrected chi connectivity index (χ4v) is 3.38. The number of hydrogen-bond donors (Lipinski definition) is 1. The van der Waals surface area contributed by atoms with E-state index in [1.54, 1.807) is 37.3 Å². The standard InChI is InChI=1S/C21H21N3O5/c1-12(2)10-18(23-20(26)15-6-4-5-7-16(15)21(23)27)19(25)22-14-9-8-13(3)17(11-14)24(28)29/h4-9,11-12,18H,10H2,1-3H3,(H,22,25). The lowest BCUT2D eigenvalue weighted by Crippen LogP contribution is -2.47. The van der Waals surface area contributed by atoms with Crippen LogP contribution in [-0.4, -0.2) is 33.6 Å². The van der Waals surface area contributed by atoms with E-state index in [4.69, 9.17) is 0 Å². The zero-order valence-electron chi connectivity index (χ0n) is 16.3. The number of aryl methyl sites for hydroxylation is 1. The summed E-state index contributed by atoms with van der Waals surface area (Å²) in [5.41, 5.74) is 1.11. The van der Waals surface area contributed by atoms with Gasteiger partial charge in [-0.05, 0) is 37.5 Å². The van der Waals surface area contributed by atoms with Gasteiger partial charge in [-0.15, -0.1) is 0 Å². The Hall–Kier alpha value is -3.55. The Morgan fingerprint density at radius 1 is 1.10 bits per heavy atom. The zero-order valence-corrected chi connectivity index (χ0v) is 16.3. The Labute approximate surface area is 167 Å². The summed E-state index contributed by atoms with van der Waals surface area (Å²) in [4.78, 5) is 50.3. The van der Waals surface area contributed by atoms with Crippen molar-refractivity contribution >= 4 is 29.1 Å². The SMILES string of the molecule is Cc1ccc(NC(=O)C(CC(C)C)N2C(=O)c3ccccc3C2=O)cc1[N+](=O)[O-]. The number of fused-ring (bicyclic) bond motifs is 1. The molecule has 3 amide bonds. The van der Waals surface area contributed by atoms with Gasteiger partial charge in [0.1, 0.15) is 6.04 Å². The van der Waals surface area contributed by atoms with Gasteiger partial charge in [-0.3, -0.25) is 29.4 Å². The second kappa shape index (κ2) is 7.83. The highest BCUT2D eigenvalue weighted by Crippen LogP contribution is 2.28. The second-order valence-electron chi connectivity index (χ2n) is 7.42. The van der Waals surface area contributed by atoms with Crippen LogP contribution in [0.5, 0.6) is 0 Å². The first-order valence-corrected chi connectivity index (χ1v) is 9.23. The smallest absolute Gasteiger partial charge is 0.274 e. The van der Waals surface area contributed by atoms with Crippen LogP contribution < -0.4 is 5.32 Å². The van der Waals surface area contributed by atoms with Crippen molar-refractivity contribution in [2.45, 2.75) is 33.2 Å². The third-order valence-electron chi connectivity index (χ3n) is 4.81. The van der Waals surface area contributed by atoms with Crippen LogP contribution in [0.3, 0.4) is 0 Å². The molecule has 0 radical (unpaired) electrons. The number of nitrogens with zero attached hydrogens (tertiary/aromatic N) is 2. The summed E-state index contributed by atoms with van der Waals surface area (Å²) in [6.45, 7) is 5.37. The first kappa shape index (κ1) is 20.2. The van der Waals surface area contributed by atoms with E-state index in [2.05, 4.69) is 5.32 Å². The molecule has 0 aliphatic carbocycles. The first-order valence-electron chi connectivity index (χ1n) is 9.23. The van der Waals surface area contributed by atoms with Gasteiger partial charge in [0.05, 0.1) is 16.1 Å². The van der Waals surface area contributed by atoms with Crippen LogP contribution in [0.1, 0.15) is 46.5 Å². The average molecular weight is 395 g/mol. The van der Waals surface area contributed by atoms with Gasteiger partial charge >= 0.3 is 0 Å². The molecular weight excluding hydrogens is 374 g/mol. The number of carbonyl (C=O) groups excluding carboxylic acids is 3. The van der Waals surface area contributed by atoms with Crippen molar-refractivity contribution < 1.29 is 19.3 Å². The molecule has 0 saturated carbocycles. The van der Waals surface area contributed by atoms with E-state index >= 15 is 0 Å². The van der Waals surface area contributed by atoms with Crippen molar-refractivity contribution in [1.82, 2.24) is 4.90 Å². The molecular formula is C21H21N3O5. The number of rotatable bonds is 6. The molecule has 29 heavy (non-hydrogen) atoms. The Morgan fingerprint density at radius 2 is 1.69 bits per heavy atom. The second-order valence-corrected chi connectivity index (χ2v) is 7.42. The van der Waals surface area contributed by atoms with Crippen LogP contribution in [0.15, 0.2) is 42.5 Å². The van der Waals surface area contributed by atoms with Gasteiger partial charge in [0.25, 0.3) is 17.5 Å². The first-order chi connectivity index (χ1) is 13.7. The molecule has 8 nitrogen and oxygen atoms in total. The minimum atomic E-state index is -1.03. The van der Waals surface area contributed by atoms with Crippen molar-refractivity contribution in [3.63, 3.8) is 0 Å². The third kappa shape index (κ3) is 3.87. The van der Waals surface area contributed by atoms with Crippen LogP contribution >= 0.6 is 0 Å². The topological polar surface area (TPSA) is 110 Å². The van der Waals surface area contributed by atoms with E-state index in [9.17, 15) is 24.5 Å². The van der Waals surface area contributed by atoms with Gasteiger partial charge in [-0.25, -0.2) is 0 Å². The third-order valence-corrected chi connectivity index (χ3v) is 4.81. The molecule has 1 aliphatic rings.